The van der Waals surface area contributed by atoms with Crippen LogP contribution in [0, 0.1) is 0 Å². The number of aryl methyl sites for hydroxylation is 1. The Kier molecular flexibility index (Phi) is 6.09. The first-order valence-corrected chi connectivity index (χ1v) is 11.9. The number of nitrogens with zero attached hydrogens (tertiary/aromatic N) is 5. The van der Waals surface area contributed by atoms with E-state index in [0.29, 0.717) is 29.0 Å². The van der Waals surface area contributed by atoms with Gasteiger partial charge in [-0.25, -0.2) is 9.97 Å². The molecule has 1 aliphatic heterocycles. The lowest BCUT2D eigenvalue weighted by molar-refractivity contribution is -0.114. The number of amides is 1. The van der Waals surface area contributed by atoms with Crippen molar-refractivity contribution in [3.8, 4) is 11.5 Å². The maximum atomic E-state index is 13.2. The number of rotatable bonds is 7. The molecule has 4 heterocycles. The number of imidazole rings is 1. The first-order valence-electron chi connectivity index (χ1n) is 11.9. The molecular formula is C26H29N7O3. The highest BCUT2D eigenvalue weighted by atomic mass is 16.5. The highest BCUT2D eigenvalue weighted by molar-refractivity contribution is 5.87. The smallest absolute Gasteiger partial charge is 0.274 e. The van der Waals surface area contributed by atoms with Crippen molar-refractivity contribution in [2.45, 2.75) is 33.2 Å². The van der Waals surface area contributed by atoms with Gasteiger partial charge in [0.1, 0.15) is 23.0 Å². The number of hydrogen-bond acceptors (Lipinski definition) is 7. The Balaban J connectivity index is 1.44. The predicted molar refractivity (Wildman–Crippen MR) is 141 cm³/mol. The normalized spacial score (nSPS) is 13.1. The van der Waals surface area contributed by atoms with Crippen molar-refractivity contribution in [2.75, 3.05) is 28.6 Å². The Morgan fingerprint density at radius 3 is 2.58 bits per heavy atom. The van der Waals surface area contributed by atoms with Crippen molar-refractivity contribution in [3.05, 3.63) is 59.1 Å². The Labute approximate surface area is 208 Å². The Morgan fingerprint density at radius 2 is 1.89 bits per heavy atom. The second-order valence-corrected chi connectivity index (χ2v) is 9.19. The lowest BCUT2D eigenvalue weighted by Crippen LogP contribution is -2.38. The quantitative estimate of drug-likeness (QED) is 0.398. The van der Waals surface area contributed by atoms with E-state index in [1.54, 1.807) is 22.9 Å². The van der Waals surface area contributed by atoms with Crippen LogP contribution in [0.1, 0.15) is 33.2 Å². The summed E-state index contributed by atoms with van der Waals surface area (Å²) in [5.41, 5.74) is 3.05. The molecule has 0 saturated carbocycles. The van der Waals surface area contributed by atoms with Gasteiger partial charge in [0.05, 0.1) is 16.7 Å². The fourth-order valence-corrected chi connectivity index (χ4v) is 4.13. The SMILES string of the molecule is CC(=O)Nc1cc(Oc2ccc3nc(Nc4cc(N5CCC5)cn(C(C)C)c4=O)n(C)c3c2)ccn1. The van der Waals surface area contributed by atoms with Crippen LogP contribution in [0.5, 0.6) is 11.5 Å². The van der Waals surface area contributed by atoms with E-state index in [1.165, 1.54) is 6.92 Å². The summed E-state index contributed by atoms with van der Waals surface area (Å²) in [5.74, 6) is 1.93. The van der Waals surface area contributed by atoms with Crippen molar-refractivity contribution in [3.63, 3.8) is 0 Å². The van der Waals surface area contributed by atoms with Crippen LogP contribution in [-0.2, 0) is 11.8 Å². The molecule has 5 rings (SSSR count). The number of pyridine rings is 2. The lowest BCUT2D eigenvalue weighted by atomic mass is 10.2. The molecule has 1 fully saturated rings. The van der Waals surface area contributed by atoms with Crippen LogP contribution in [-0.4, -0.2) is 38.1 Å². The third kappa shape index (κ3) is 4.61. The molecule has 1 aromatic carbocycles. The average Bonchev–Trinajstić information content (AvgIpc) is 3.09. The summed E-state index contributed by atoms with van der Waals surface area (Å²) in [5, 5.41) is 5.91. The lowest BCUT2D eigenvalue weighted by Gasteiger charge is -2.34. The van der Waals surface area contributed by atoms with E-state index in [1.807, 2.05) is 55.9 Å². The molecule has 0 radical (unpaired) electrons. The number of aromatic nitrogens is 4. The van der Waals surface area contributed by atoms with Gasteiger partial charge in [-0.3, -0.25) is 9.59 Å². The van der Waals surface area contributed by atoms with Crippen LogP contribution in [0.2, 0.25) is 0 Å². The van der Waals surface area contributed by atoms with E-state index in [9.17, 15) is 9.59 Å². The summed E-state index contributed by atoms with van der Waals surface area (Å²) in [7, 11) is 1.89. The van der Waals surface area contributed by atoms with Crippen molar-refractivity contribution in [1.82, 2.24) is 19.1 Å². The highest BCUT2D eigenvalue weighted by Crippen LogP contribution is 2.29. The number of benzene rings is 1. The summed E-state index contributed by atoms with van der Waals surface area (Å²) in [6, 6.07) is 10.9. The standard InChI is InChI=1S/C26H29N7O3/c1-16(2)33-15-18(32-10-5-11-32)12-22(25(33)35)30-26-29-21-7-6-19(13-23(21)31(26)4)36-20-8-9-27-24(14-20)28-17(3)34/h6-9,12-16H,5,10-11H2,1-4H3,(H,29,30)(H,27,28,34). The van der Waals surface area contributed by atoms with Gasteiger partial charge in [-0.05, 0) is 44.5 Å². The molecule has 0 atom stereocenters. The molecule has 10 nitrogen and oxygen atoms in total. The van der Waals surface area contributed by atoms with Crippen molar-refractivity contribution in [1.29, 1.82) is 0 Å². The van der Waals surface area contributed by atoms with Gasteiger partial charge in [0.2, 0.25) is 11.9 Å². The number of carbonyl (C=O) groups is 1. The average molecular weight is 488 g/mol. The number of carbonyl (C=O) groups excluding carboxylic acids is 1. The zero-order valence-electron chi connectivity index (χ0n) is 20.8. The topological polar surface area (TPSA) is 106 Å². The maximum absolute atomic E-state index is 13.2. The minimum atomic E-state index is -0.202. The van der Waals surface area contributed by atoms with Crippen LogP contribution in [0.15, 0.2) is 53.6 Å². The molecule has 10 heteroatoms. The van der Waals surface area contributed by atoms with E-state index in [4.69, 9.17) is 9.72 Å². The molecule has 0 unspecified atom stereocenters. The zero-order chi connectivity index (χ0) is 25.4. The second-order valence-electron chi connectivity index (χ2n) is 9.19. The maximum Gasteiger partial charge on any atom is 0.274 e. The number of ether oxygens (including phenoxy) is 1. The Hall–Kier alpha value is -4.34. The van der Waals surface area contributed by atoms with E-state index >= 15 is 0 Å². The van der Waals surface area contributed by atoms with Crippen LogP contribution in [0.25, 0.3) is 11.0 Å². The van der Waals surface area contributed by atoms with Gasteiger partial charge in [-0.15, -0.1) is 0 Å². The van der Waals surface area contributed by atoms with Crippen molar-refractivity contribution in [2.24, 2.45) is 7.05 Å². The Morgan fingerprint density at radius 1 is 1.11 bits per heavy atom. The molecule has 4 aromatic rings. The van der Waals surface area contributed by atoms with Gasteiger partial charge in [0.15, 0.2) is 0 Å². The summed E-state index contributed by atoms with van der Waals surface area (Å²) in [6.07, 6.45) is 4.67. The van der Waals surface area contributed by atoms with Gasteiger partial charge in [0, 0.05) is 57.6 Å². The molecule has 0 bridgehead atoms. The van der Waals surface area contributed by atoms with Crippen LogP contribution in [0.4, 0.5) is 23.1 Å². The van der Waals surface area contributed by atoms with E-state index in [0.717, 1.165) is 36.2 Å². The fraction of sp³-hybridized carbons (Fsp3) is 0.308. The summed E-state index contributed by atoms with van der Waals surface area (Å²) >= 11 is 0. The van der Waals surface area contributed by atoms with E-state index < -0.39 is 0 Å². The van der Waals surface area contributed by atoms with Crippen molar-refractivity contribution >= 4 is 40.1 Å². The molecule has 1 amide bonds. The monoisotopic (exact) mass is 487 g/mol. The molecule has 186 valence electrons. The number of hydrogen-bond donors (Lipinski definition) is 2. The first kappa shape index (κ1) is 23.4. The van der Waals surface area contributed by atoms with Gasteiger partial charge in [-0.1, -0.05) is 0 Å². The molecule has 1 saturated heterocycles. The molecule has 1 aliphatic rings. The summed E-state index contributed by atoms with van der Waals surface area (Å²) < 4.78 is 9.66. The predicted octanol–water partition coefficient (Wildman–Crippen LogP) is 4.42. The Bertz CT molecular complexity index is 1500. The third-order valence-corrected chi connectivity index (χ3v) is 6.18. The third-order valence-electron chi connectivity index (χ3n) is 6.18. The van der Waals surface area contributed by atoms with Gasteiger partial charge >= 0.3 is 0 Å². The summed E-state index contributed by atoms with van der Waals surface area (Å²) in [6.45, 7) is 7.42. The second kappa shape index (κ2) is 9.37. The minimum absolute atomic E-state index is 0.0405. The van der Waals surface area contributed by atoms with Crippen molar-refractivity contribution < 1.29 is 9.53 Å². The number of anilines is 4. The molecule has 36 heavy (non-hydrogen) atoms. The largest absolute Gasteiger partial charge is 0.457 e. The first-order chi connectivity index (χ1) is 17.3. The van der Waals surface area contributed by atoms with Crippen LogP contribution < -0.4 is 25.8 Å². The molecule has 0 aliphatic carbocycles. The van der Waals surface area contributed by atoms with Gasteiger partial charge < -0.3 is 29.4 Å². The molecule has 3 aromatic heterocycles. The van der Waals surface area contributed by atoms with Crippen LogP contribution in [0.3, 0.4) is 0 Å². The van der Waals surface area contributed by atoms with Gasteiger partial charge in [0.25, 0.3) is 5.56 Å². The molecule has 2 N–H and O–H groups in total. The van der Waals surface area contributed by atoms with E-state index in [-0.39, 0.29) is 17.5 Å². The van der Waals surface area contributed by atoms with Crippen LogP contribution >= 0.6 is 0 Å². The zero-order valence-corrected chi connectivity index (χ0v) is 20.8. The number of fused-ring (bicyclic) bond motifs is 1. The van der Waals surface area contributed by atoms with E-state index in [2.05, 4.69) is 20.5 Å². The van der Waals surface area contributed by atoms with Gasteiger partial charge in [-0.2, -0.15) is 0 Å². The summed E-state index contributed by atoms with van der Waals surface area (Å²) in [4.78, 5) is 35.6. The minimum Gasteiger partial charge on any atom is -0.457 e. The molecule has 0 spiro atoms. The number of nitrogens with one attached hydrogen (secondary N) is 2. The fourth-order valence-electron chi connectivity index (χ4n) is 4.13. The molecular weight excluding hydrogens is 458 g/mol. The highest BCUT2D eigenvalue weighted by Gasteiger charge is 2.19.